The molecule has 2 aromatic rings. The Morgan fingerprint density at radius 3 is 2.32 bits per heavy atom. The first-order valence-electron chi connectivity index (χ1n) is 6.22. The van der Waals surface area contributed by atoms with E-state index in [9.17, 15) is 9.67 Å². The highest BCUT2D eigenvalue weighted by Gasteiger charge is 2.30. The average Bonchev–Trinajstić information content (AvgIpc) is 2.40. The van der Waals surface area contributed by atoms with E-state index in [2.05, 4.69) is 0 Å². The zero-order valence-electron chi connectivity index (χ0n) is 11.0. The highest BCUT2D eigenvalue weighted by molar-refractivity contribution is 7.62. The minimum absolute atomic E-state index is 0.0386. The highest BCUT2D eigenvalue weighted by Crippen LogP contribution is 2.50. The van der Waals surface area contributed by atoms with Gasteiger partial charge in [-0.15, -0.1) is 0 Å². The Morgan fingerprint density at radius 2 is 1.68 bits per heavy atom. The summed E-state index contributed by atoms with van der Waals surface area (Å²) >= 11 is 0. The highest BCUT2D eigenvalue weighted by atomic mass is 31.2. The van der Waals surface area contributed by atoms with Crippen LogP contribution < -0.4 is 5.30 Å². The second-order valence-electron chi connectivity index (χ2n) is 3.99. The van der Waals surface area contributed by atoms with Crippen LogP contribution in [0, 0.1) is 0 Å². The summed E-state index contributed by atoms with van der Waals surface area (Å²) in [6.07, 6.45) is 0. The standard InChI is InChI=1S/C14H17O4P/c1-3-17-19(16,18-4-2)13-10-9-11-7-5-6-8-12(11)14(13)15/h5-10,15H,3-4H2,1-2H3. The largest absolute Gasteiger partial charge is 0.506 e. The third-order valence-corrected chi connectivity index (χ3v) is 4.92. The molecule has 19 heavy (non-hydrogen) atoms. The molecule has 0 aliphatic rings. The van der Waals surface area contributed by atoms with Crippen molar-refractivity contribution in [1.29, 1.82) is 0 Å². The predicted molar refractivity (Wildman–Crippen MR) is 76.1 cm³/mol. The van der Waals surface area contributed by atoms with Crippen LogP contribution in [0.2, 0.25) is 0 Å². The number of benzene rings is 2. The minimum atomic E-state index is -3.46. The van der Waals surface area contributed by atoms with Crippen molar-refractivity contribution in [2.24, 2.45) is 0 Å². The van der Waals surface area contributed by atoms with E-state index in [4.69, 9.17) is 9.05 Å². The molecule has 2 aromatic carbocycles. The molecule has 102 valence electrons. The fourth-order valence-electron chi connectivity index (χ4n) is 1.98. The molecule has 5 heteroatoms. The Kier molecular flexibility index (Phi) is 4.25. The molecule has 4 nitrogen and oxygen atoms in total. The summed E-state index contributed by atoms with van der Waals surface area (Å²) in [5, 5.41) is 12.0. The summed E-state index contributed by atoms with van der Waals surface area (Å²) < 4.78 is 23.2. The Balaban J connectivity index is 2.60. The fraction of sp³-hybridized carbons (Fsp3) is 0.286. The van der Waals surface area contributed by atoms with E-state index in [0.717, 1.165) is 5.39 Å². The molecular formula is C14H17O4P. The van der Waals surface area contributed by atoms with Gasteiger partial charge in [0.15, 0.2) is 0 Å². The molecule has 1 N–H and O–H groups in total. The van der Waals surface area contributed by atoms with Crippen LogP contribution in [0.1, 0.15) is 13.8 Å². The lowest BCUT2D eigenvalue weighted by Gasteiger charge is -2.18. The molecule has 0 bridgehead atoms. The molecular weight excluding hydrogens is 263 g/mol. The molecule has 0 unspecified atom stereocenters. The van der Waals surface area contributed by atoms with Crippen molar-refractivity contribution in [3.8, 4) is 5.75 Å². The number of hydrogen-bond donors (Lipinski definition) is 1. The lowest BCUT2D eigenvalue weighted by atomic mass is 10.1. The maximum atomic E-state index is 12.7. The van der Waals surface area contributed by atoms with Crippen molar-refractivity contribution in [2.75, 3.05) is 13.2 Å². The van der Waals surface area contributed by atoms with Crippen LogP contribution in [-0.2, 0) is 13.6 Å². The van der Waals surface area contributed by atoms with Crippen molar-refractivity contribution in [2.45, 2.75) is 13.8 Å². The third kappa shape index (κ3) is 2.66. The van der Waals surface area contributed by atoms with Crippen molar-refractivity contribution < 1.29 is 18.7 Å². The molecule has 0 heterocycles. The fourth-order valence-corrected chi connectivity index (χ4v) is 3.65. The zero-order chi connectivity index (χ0) is 13.9. The maximum Gasteiger partial charge on any atom is 0.365 e. The van der Waals surface area contributed by atoms with Crippen LogP contribution in [0.5, 0.6) is 5.75 Å². The summed E-state index contributed by atoms with van der Waals surface area (Å²) in [7, 11) is -3.46. The molecule has 0 aliphatic carbocycles. The van der Waals surface area contributed by atoms with Crippen LogP contribution in [-0.4, -0.2) is 18.3 Å². The Bertz CT molecular complexity index is 614. The van der Waals surface area contributed by atoms with Gasteiger partial charge in [0.1, 0.15) is 11.1 Å². The van der Waals surface area contributed by atoms with Gasteiger partial charge in [-0.3, -0.25) is 4.57 Å². The lowest BCUT2D eigenvalue weighted by Crippen LogP contribution is -2.11. The summed E-state index contributed by atoms with van der Waals surface area (Å²) in [4.78, 5) is 0. The molecule has 0 aromatic heterocycles. The first-order valence-corrected chi connectivity index (χ1v) is 7.77. The van der Waals surface area contributed by atoms with Crippen LogP contribution >= 0.6 is 7.60 Å². The molecule has 0 radical (unpaired) electrons. The molecule has 2 rings (SSSR count). The maximum absolute atomic E-state index is 12.7. The van der Waals surface area contributed by atoms with E-state index >= 15 is 0 Å². The number of fused-ring (bicyclic) bond motifs is 1. The van der Waals surface area contributed by atoms with Crippen LogP contribution in [0.4, 0.5) is 0 Å². The summed E-state index contributed by atoms with van der Waals surface area (Å²) in [5.41, 5.74) is 0. The number of phenolic OH excluding ortho intramolecular Hbond substituents is 1. The molecule has 0 saturated carbocycles. The molecule has 0 amide bonds. The molecule has 0 saturated heterocycles. The Labute approximate surface area is 112 Å². The zero-order valence-corrected chi connectivity index (χ0v) is 11.9. The van der Waals surface area contributed by atoms with Crippen molar-refractivity contribution in [3.63, 3.8) is 0 Å². The number of rotatable bonds is 5. The molecule has 0 atom stereocenters. The molecule has 0 spiro atoms. The minimum Gasteiger partial charge on any atom is -0.506 e. The first-order chi connectivity index (χ1) is 9.12. The predicted octanol–water partition coefficient (Wildman–Crippen LogP) is 3.44. The van der Waals surface area contributed by atoms with Gasteiger partial charge in [-0.1, -0.05) is 30.3 Å². The Morgan fingerprint density at radius 1 is 1.05 bits per heavy atom. The van der Waals surface area contributed by atoms with Gasteiger partial charge in [0, 0.05) is 5.39 Å². The normalized spacial score (nSPS) is 11.9. The average molecular weight is 280 g/mol. The van der Waals surface area contributed by atoms with E-state index in [0.29, 0.717) is 5.39 Å². The monoisotopic (exact) mass is 280 g/mol. The van der Waals surface area contributed by atoms with E-state index in [-0.39, 0.29) is 24.3 Å². The van der Waals surface area contributed by atoms with Gasteiger partial charge in [0.25, 0.3) is 0 Å². The number of hydrogen-bond acceptors (Lipinski definition) is 4. The number of aromatic hydroxyl groups is 1. The summed E-state index contributed by atoms with van der Waals surface area (Å²) in [6.45, 7) is 3.99. The van der Waals surface area contributed by atoms with Gasteiger partial charge in [-0.2, -0.15) is 0 Å². The van der Waals surface area contributed by atoms with Crippen molar-refractivity contribution in [1.82, 2.24) is 0 Å². The van der Waals surface area contributed by atoms with Gasteiger partial charge < -0.3 is 14.2 Å². The Hall–Kier alpha value is -1.35. The van der Waals surface area contributed by atoms with E-state index < -0.39 is 7.60 Å². The lowest BCUT2D eigenvalue weighted by molar-refractivity contribution is 0.229. The van der Waals surface area contributed by atoms with E-state index in [1.165, 1.54) is 0 Å². The first kappa shape index (κ1) is 14.1. The number of phenols is 1. The van der Waals surface area contributed by atoms with Gasteiger partial charge in [-0.05, 0) is 25.3 Å². The van der Waals surface area contributed by atoms with Crippen LogP contribution in [0.3, 0.4) is 0 Å². The molecule has 0 aliphatic heterocycles. The van der Waals surface area contributed by atoms with E-state index in [1.807, 2.05) is 18.2 Å². The quantitative estimate of drug-likeness (QED) is 0.852. The van der Waals surface area contributed by atoms with Crippen molar-refractivity contribution >= 4 is 23.7 Å². The second kappa shape index (κ2) is 5.74. The second-order valence-corrected chi connectivity index (χ2v) is 5.98. The molecule has 0 fully saturated rings. The third-order valence-electron chi connectivity index (χ3n) is 2.77. The van der Waals surface area contributed by atoms with E-state index in [1.54, 1.807) is 32.0 Å². The summed E-state index contributed by atoms with van der Waals surface area (Å²) in [5.74, 6) is -0.0386. The van der Waals surface area contributed by atoms with Crippen LogP contribution in [0.25, 0.3) is 10.8 Å². The van der Waals surface area contributed by atoms with Gasteiger partial charge in [0.2, 0.25) is 0 Å². The summed E-state index contributed by atoms with van der Waals surface area (Å²) in [6, 6.07) is 10.8. The van der Waals surface area contributed by atoms with Crippen molar-refractivity contribution in [3.05, 3.63) is 36.4 Å². The topological polar surface area (TPSA) is 55.8 Å². The van der Waals surface area contributed by atoms with Gasteiger partial charge in [-0.25, -0.2) is 0 Å². The van der Waals surface area contributed by atoms with Gasteiger partial charge in [0.05, 0.1) is 13.2 Å². The smallest absolute Gasteiger partial charge is 0.365 e. The van der Waals surface area contributed by atoms with Gasteiger partial charge >= 0.3 is 7.60 Å². The van der Waals surface area contributed by atoms with Crippen LogP contribution in [0.15, 0.2) is 36.4 Å². The SMILES string of the molecule is CCOP(=O)(OCC)c1ccc2ccccc2c1O.